The predicted molar refractivity (Wildman–Crippen MR) is 65.4 cm³/mol. The summed E-state index contributed by atoms with van der Waals surface area (Å²) < 4.78 is 24.4. The monoisotopic (exact) mass is 265 g/mol. The third kappa shape index (κ3) is 2.02. The average Bonchev–Trinajstić information content (AvgIpc) is 2.28. The number of aryl methyl sites for hydroxylation is 1. The van der Waals surface area contributed by atoms with Gasteiger partial charge in [0.25, 0.3) is 5.56 Å². The van der Waals surface area contributed by atoms with Crippen molar-refractivity contribution < 1.29 is 13.5 Å². The number of aromatic nitrogens is 1. The summed E-state index contributed by atoms with van der Waals surface area (Å²) in [4.78, 5) is 13.4. The first kappa shape index (κ1) is 12.4. The minimum atomic E-state index is -4.01. The molecule has 0 bridgehead atoms. The lowest BCUT2D eigenvalue weighted by atomic mass is 10.3. The first-order valence-electron chi connectivity index (χ1n) is 5.16. The molecule has 0 aliphatic heterocycles. The number of hydrogen-bond acceptors (Lipinski definition) is 4. The van der Waals surface area contributed by atoms with Gasteiger partial charge in [-0.2, -0.15) is 0 Å². The van der Waals surface area contributed by atoms with Crippen LogP contribution in [0.15, 0.2) is 51.0 Å². The molecule has 0 unspecified atom stereocenters. The van der Waals surface area contributed by atoms with Gasteiger partial charge in [-0.25, -0.2) is 8.42 Å². The molecule has 0 aliphatic rings. The highest BCUT2D eigenvalue weighted by atomic mass is 32.2. The van der Waals surface area contributed by atoms with Crippen molar-refractivity contribution in [2.45, 2.75) is 16.7 Å². The lowest BCUT2D eigenvalue weighted by Gasteiger charge is -2.06. The van der Waals surface area contributed by atoms with Crippen molar-refractivity contribution in [3.05, 3.63) is 52.4 Å². The SMILES string of the molecule is Cc1cc(O)c(S(=O)(=O)c2ccccc2)c(=O)[nH]1. The molecule has 0 amide bonds. The van der Waals surface area contributed by atoms with Gasteiger partial charge in [0.05, 0.1) is 4.90 Å². The van der Waals surface area contributed by atoms with Crippen molar-refractivity contribution in [1.29, 1.82) is 0 Å². The van der Waals surface area contributed by atoms with Crippen molar-refractivity contribution >= 4 is 9.84 Å². The van der Waals surface area contributed by atoms with Crippen LogP contribution in [0.5, 0.6) is 5.75 Å². The topological polar surface area (TPSA) is 87.2 Å². The average molecular weight is 265 g/mol. The summed E-state index contributed by atoms with van der Waals surface area (Å²) in [6.45, 7) is 1.56. The van der Waals surface area contributed by atoms with Crippen LogP contribution >= 0.6 is 0 Å². The largest absolute Gasteiger partial charge is 0.506 e. The zero-order valence-electron chi connectivity index (χ0n) is 9.54. The number of nitrogens with one attached hydrogen (secondary N) is 1. The number of rotatable bonds is 2. The Hall–Kier alpha value is -2.08. The van der Waals surface area contributed by atoms with Crippen LogP contribution in [0.2, 0.25) is 0 Å². The summed E-state index contributed by atoms with van der Waals surface area (Å²) in [6.07, 6.45) is 0. The van der Waals surface area contributed by atoms with E-state index in [1.165, 1.54) is 18.2 Å². The lowest BCUT2D eigenvalue weighted by molar-refractivity contribution is 0.455. The molecule has 0 atom stereocenters. The number of pyridine rings is 1. The Kier molecular flexibility index (Phi) is 2.96. The van der Waals surface area contributed by atoms with Gasteiger partial charge in [0.15, 0.2) is 4.90 Å². The molecule has 0 radical (unpaired) electrons. The van der Waals surface area contributed by atoms with Gasteiger partial charge < -0.3 is 10.1 Å². The van der Waals surface area contributed by atoms with E-state index in [2.05, 4.69) is 4.98 Å². The number of benzene rings is 1. The van der Waals surface area contributed by atoms with E-state index in [1.807, 2.05) is 0 Å². The van der Waals surface area contributed by atoms with E-state index < -0.39 is 26.0 Å². The molecule has 0 aliphatic carbocycles. The van der Waals surface area contributed by atoms with Gasteiger partial charge in [-0.05, 0) is 19.1 Å². The first-order chi connectivity index (χ1) is 8.43. The van der Waals surface area contributed by atoms with Crippen LogP contribution in [0.3, 0.4) is 0 Å². The summed E-state index contributed by atoms with van der Waals surface area (Å²) in [5, 5.41) is 9.67. The predicted octanol–water partition coefficient (Wildman–Crippen LogP) is 1.22. The first-order valence-corrected chi connectivity index (χ1v) is 6.64. The number of aromatic amines is 1. The second kappa shape index (κ2) is 4.30. The van der Waals surface area contributed by atoms with E-state index in [0.717, 1.165) is 0 Å². The summed E-state index contributed by atoms with van der Waals surface area (Å²) in [5.74, 6) is -0.542. The van der Waals surface area contributed by atoms with Crippen LogP contribution in [0.25, 0.3) is 0 Å². The summed E-state index contributed by atoms with van der Waals surface area (Å²) in [7, 11) is -4.01. The highest BCUT2D eigenvalue weighted by molar-refractivity contribution is 7.91. The van der Waals surface area contributed by atoms with E-state index in [-0.39, 0.29) is 4.90 Å². The molecule has 2 N–H and O–H groups in total. The fourth-order valence-electron chi connectivity index (χ4n) is 1.64. The molecule has 1 aromatic carbocycles. The van der Waals surface area contributed by atoms with Crippen molar-refractivity contribution in [3.63, 3.8) is 0 Å². The maximum atomic E-state index is 12.2. The minimum absolute atomic E-state index is 0.0327. The van der Waals surface area contributed by atoms with Crippen LogP contribution in [0, 0.1) is 6.92 Å². The molecule has 2 aromatic rings. The molecule has 0 saturated carbocycles. The maximum absolute atomic E-state index is 12.2. The highest BCUT2D eigenvalue weighted by Crippen LogP contribution is 2.25. The molecule has 0 fully saturated rings. The van der Waals surface area contributed by atoms with Crippen molar-refractivity contribution in [3.8, 4) is 5.75 Å². The van der Waals surface area contributed by atoms with Gasteiger partial charge in [-0.15, -0.1) is 0 Å². The van der Waals surface area contributed by atoms with Gasteiger partial charge in [-0.1, -0.05) is 18.2 Å². The fraction of sp³-hybridized carbons (Fsp3) is 0.0833. The number of hydrogen-bond donors (Lipinski definition) is 2. The second-order valence-electron chi connectivity index (χ2n) is 3.81. The highest BCUT2D eigenvalue weighted by Gasteiger charge is 2.25. The Labute approximate surface area is 104 Å². The number of sulfone groups is 1. The molecule has 5 nitrogen and oxygen atoms in total. The molecule has 6 heteroatoms. The Morgan fingerprint density at radius 2 is 1.78 bits per heavy atom. The molecule has 0 saturated heterocycles. The second-order valence-corrected chi connectivity index (χ2v) is 5.70. The van der Waals surface area contributed by atoms with Gasteiger partial charge in [0.2, 0.25) is 9.84 Å². The quantitative estimate of drug-likeness (QED) is 0.854. The van der Waals surface area contributed by atoms with Gasteiger partial charge in [0.1, 0.15) is 5.75 Å². The van der Waals surface area contributed by atoms with Gasteiger partial charge in [-0.3, -0.25) is 4.79 Å². The number of aromatic hydroxyl groups is 1. The Balaban J connectivity index is 2.74. The van der Waals surface area contributed by atoms with Crippen LogP contribution in [-0.4, -0.2) is 18.5 Å². The van der Waals surface area contributed by atoms with Crippen molar-refractivity contribution in [1.82, 2.24) is 4.98 Å². The van der Waals surface area contributed by atoms with E-state index in [1.54, 1.807) is 25.1 Å². The Morgan fingerprint density at radius 3 is 2.33 bits per heavy atom. The molecular weight excluding hydrogens is 254 g/mol. The molecular formula is C12H11NO4S. The van der Waals surface area contributed by atoms with E-state index in [4.69, 9.17) is 0 Å². The smallest absolute Gasteiger partial charge is 0.271 e. The summed E-state index contributed by atoms with van der Waals surface area (Å²) >= 11 is 0. The van der Waals surface area contributed by atoms with Gasteiger partial charge in [0, 0.05) is 11.8 Å². The van der Waals surface area contributed by atoms with E-state index >= 15 is 0 Å². The van der Waals surface area contributed by atoms with E-state index in [9.17, 15) is 18.3 Å². The van der Waals surface area contributed by atoms with Crippen molar-refractivity contribution in [2.75, 3.05) is 0 Å². The summed E-state index contributed by atoms with van der Waals surface area (Å²) in [5.41, 5.74) is -0.430. The van der Waals surface area contributed by atoms with Gasteiger partial charge >= 0.3 is 0 Å². The minimum Gasteiger partial charge on any atom is -0.506 e. The standard InChI is InChI=1S/C12H11NO4S/c1-8-7-10(14)11(12(15)13-8)18(16,17)9-5-3-2-4-6-9/h2-7H,1H3,(H2,13,14,15). The van der Waals surface area contributed by atoms with Crippen LogP contribution in [0.4, 0.5) is 0 Å². The molecule has 0 spiro atoms. The third-order valence-electron chi connectivity index (χ3n) is 2.43. The Morgan fingerprint density at radius 1 is 1.17 bits per heavy atom. The zero-order valence-corrected chi connectivity index (χ0v) is 10.4. The fourth-order valence-corrected chi connectivity index (χ4v) is 3.02. The molecule has 94 valence electrons. The number of H-pyrrole nitrogens is 1. The third-order valence-corrected chi connectivity index (χ3v) is 4.25. The lowest BCUT2D eigenvalue weighted by Crippen LogP contribution is -2.18. The molecule has 18 heavy (non-hydrogen) atoms. The van der Waals surface area contributed by atoms with Crippen molar-refractivity contribution in [2.24, 2.45) is 0 Å². The molecule has 2 rings (SSSR count). The molecule has 1 aromatic heterocycles. The Bertz CT molecular complexity index is 732. The van der Waals surface area contributed by atoms with Crippen LogP contribution in [-0.2, 0) is 9.84 Å². The maximum Gasteiger partial charge on any atom is 0.271 e. The normalized spacial score (nSPS) is 11.4. The molecule has 1 heterocycles. The summed E-state index contributed by atoms with van der Waals surface area (Å²) in [6, 6.07) is 8.70. The van der Waals surface area contributed by atoms with Crippen LogP contribution < -0.4 is 5.56 Å². The van der Waals surface area contributed by atoms with Crippen LogP contribution in [0.1, 0.15) is 5.69 Å². The van der Waals surface area contributed by atoms with E-state index in [0.29, 0.717) is 5.69 Å². The zero-order chi connectivity index (χ0) is 13.3.